The molecule has 0 aliphatic rings. The number of ether oxygens (including phenoxy) is 2. The molecule has 3 aromatic carbocycles. The molecule has 1 heterocycles. The maximum Gasteiger partial charge on any atom is 0.453 e. The first-order chi connectivity index (χ1) is 22.8. The van der Waals surface area contributed by atoms with Crippen molar-refractivity contribution in [3.05, 3.63) is 104 Å². The standard InChI is InChI=1S/C40H46F3NO5/c1-24(2)21-44(22-25(3)4)23-32-33(48-34(45)19-13-28-11-14-29(15-12-28)39(7,8)9)18-17-31-35(46)37(38(40(41,42)43)49-36(31)32)47-30-16-10-26(5)27(6)20-30/h10-20,24-25H,21-23H2,1-9H3/b19-13+. The van der Waals surface area contributed by atoms with Crippen LogP contribution in [0, 0.1) is 25.7 Å². The Morgan fingerprint density at radius 3 is 2.08 bits per heavy atom. The summed E-state index contributed by atoms with van der Waals surface area (Å²) >= 11 is 0. The van der Waals surface area contributed by atoms with Gasteiger partial charge in [0, 0.05) is 25.7 Å². The SMILES string of the molecule is Cc1ccc(Oc2c(C(F)(F)F)oc3c(CN(CC(C)C)CC(C)C)c(OC(=O)/C=C/c4ccc(C(C)(C)C)cc4)ccc3c2=O)cc1C. The van der Waals surface area contributed by atoms with Crippen molar-refractivity contribution in [3.63, 3.8) is 0 Å². The summed E-state index contributed by atoms with van der Waals surface area (Å²) in [5.41, 5.74) is 2.47. The molecule has 0 saturated heterocycles. The van der Waals surface area contributed by atoms with Gasteiger partial charge in [-0.15, -0.1) is 0 Å². The number of carbonyl (C=O) groups excluding carboxylic acids is 1. The van der Waals surface area contributed by atoms with Gasteiger partial charge in [-0.05, 0) is 83.7 Å². The number of hydrogen-bond donors (Lipinski definition) is 0. The van der Waals surface area contributed by atoms with Gasteiger partial charge in [-0.2, -0.15) is 13.2 Å². The van der Waals surface area contributed by atoms with Crippen LogP contribution in [0.25, 0.3) is 17.0 Å². The maximum atomic E-state index is 14.6. The van der Waals surface area contributed by atoms with E-state index in [1.165, 1.54) is 24.3 Å². The molecule has 9 heteroatoms. The van der Waals surface area contributed by atoms with Gasteiger partial charge in [0.2, 0.25) is 11.2 Å². The van der Waals surface area contributed by atoms with E-state index in [1.54, 1.807) is 25.1 Å². The van der Waals surface area contributed by atoms with Crippen LogP contribution in [0.1, 0.15) is 82.0 Å². The zero-order chi connectivity index (χ0) is 36.3. The van der Waals surface area contributed by atoms with E-state index < -0.39 is 29.1 Å². The van der Waals surface area contributed by atoms with Gasteiger partial charge in [0.1, 0.15) is 17.1 Å². The molecular formula is C40H46F3NO5. The van der Waals surface area contributed by atoms with Gasteiger partial charge >= 0.3 is 12.1 Å². The van der Waals surface area contributed by atoms with Gasteiger partial charge in [0.05, 0.1) is 10.9 Å². The molecule has 0 amide bonds. The third-order valence-corrected chi connectivity index (χ3v) is 8.06. The molecule has 0 aliphatic carbocycles. The van der Waals surface area contributed by atoms with E-state index in [0.717, 1.165) is 22.3 Å². The van der Waals surface area contributed by atoms with Crippen molar-refractivity contribution >= 4 is 23.0 Å². The zero-order valence-electron chi connectivity index (χ0n) is 29.7. The van der Waals surface area contributed by atoms with Crippen LogP contribution in [-0.2, 0) is 22.9 Å². The lowest BCUT2D eigenvalue weighted by Crippen LogP contribution is -2.31. The summed E-state index contributed by atoms with van der Waals surface area (Å²) in [5, 5.41) is -0.120. The lowest BCUT2D eigenvalue weighted by molar-refractivity contribution is -0.154. The largest absolute Gasteiger partial charge is 0.453 e. The summed E-state index contributed by atoms with van der Waals surface area (Å²) in [5.74, 6) is -2.72. The molecule has 1 aromatic heterocycles. The van der Waals surface area contributed by atoms with Crippen LogP contribution in [0.2, 0.25) is 0 Å². The van der Waals surface area contributed by atoms with E-state index in [2.05, 4.69) is 25.7 Å². The molecule has 262 valence electrons. The van der Waals surface area contributed by atoms with E-state index in [4.69, 9.17) is 13.9 Å². The topological polar surface area (TPSA) is 69.0 Å². The van der Waals surface area contributed by atoms with Crippen molar-refractivity contribution in [2.75, 3.05) is 13.1 Å². The lowest BCUT2D eigenvalue weighted by atomic mass is 9.87. The summed E-state index contributed by atoms with van der Waals surface area (Å²) < 4.78 is 60.7. The molecule has 49 heavy (non-hydrogen) atoms. The average molecular weight is 678 g/mol. The number of alkyl halides is 3. The third-order valence-electron chi connectivity index (χ3n) is 8.06. The molecule has 0 fully saturated rings. The van der Waals surface area contributed by atoms with Gasteiger partial charge < -0.3 is 13.9 Å². The fraction of sp³-hybridized carbons (Fsp3) is 0.400. The van der Waals surface area contributed by atoms with Crippen LogP contribution in [0.3, 0.4) is 0 Å². The first-order valence-corrected chi connectivity index (χ1v) is 16.5. The van der Waals surface area contributed by atoms with Crippen LogP contribution in [0.15, 0.2) is 69.9 Å². The number of aryl methyl sites for hydroxylation is 2. The minimum atomic E-state index is -5.06. The molecule has 0 saturated carbocycles. The molecule has 0 spiro atoms. The Morgan fingerprint density at radius 1 is 0.898 bits per heavy atom. The number of nitrogens with zero attached hydrogens (tertiary/aromatic N) is 1. The van der Waals surface area contributed by atoms with Gasteiger partial charge in [-0.25, -0.2) is 4.79 Å². The molecule has 0 atom stereocenters. The Morgan fingerprint density at radius 2 is 1.53 bits per heavy atom. The van der Waals surface area contributed by atoms with Crippen LogP contribution in [0.5, 0.6) is 17.2 Å². The second kappa shape index (κ2) is 15.0. The highest BCUT2D eigenvalue weighted by atomic mass is 19.4. The average Bonchev–Trinajstić information content (AvgIpc) is 2.99. The first-order valence-electron chi connectivity index (χ1n) is 16.5. The van der Waals surface area contributed by atoms with Gasteiger partial charge in [-0.3, -0.25) is 9.69 Å². The van der Waals surface area contributed by atoms with E-state index in [0.29, 0.717) is 13.1 Å². The van der Waals surface area contributed by atoms with Crippen molar-refractivity contribution in [2.45, 2.75) is 80.4 Å². The monoisotopic (exact) mass is 677 g/mol. The highest BCUT2D eigenvalue weighted by Crippen LogP contribution is 2.40. The Labute approximate surface area is 286 Å². The molecule has 6 nitrogen and oxygen atoms in total. The summed E-state index contributed by atoms with van der Waals surface area (Å²) in [7, 11) is 0. The van der Waals surface area contributed by atoms with E-state index in [1.807, 2.05) is 58.9 Å². The predicted octanol–water partition coefficient (Wildman–Crippen LogP) is 10.3. The number of hydrogen-bond acceptors (Lipinski definition) is 6. The smallest absolute Gasteiger partial charge is 0.449 e. The molecular weight excluding hydrogens is 631 g/mol. The summed E-state index contributed by atoms with van der Waals surface area (Å²) in [4.78, 5) is 29.0. The number of fused-ring (bicyclic) bond motifs is 1. The minimum absolute atomic E-state index is 0.00171. The van der Waals surface area contributed by atoms with Gasteiger partial charge in [0.25, 0.3) is 5.76 Å². The summed E-state index contributed by atoms with van der Waals surface area (Å²) in [6.45, 7) is 19.4. The highest BCUT2D eigenvalue weighted by Gasteiger charge is 2.41. The van der Waals surface area contributed by atoms with Gasteiger partial charge in [0.15, 0.2) is 0 Å². The summed E-state index contributed by atoms with van der Waals surface area (Å²) in [6, 6.07) is 15.3. The van der Waals surface area contributed by atoms with E-state index in [-0.39, 0.29) is 51.8 Å². The fourth-order valence-electron chi connectivity index (χ4n) is 5.56. The number of rotatable bonds is 11. The van der Waals surface area contributed by atoms with Crippen LogP contribution >= 0.6 is 0 Å². The lowest BCUT2D eigenvalue weighted by Gasteiger charge is -2.27. The molecule has 0 aliphatic heterocycles. The van der Waals surface area contributed by atoms with Crippen molar-refractivity contribution in [1.82, 2.24) is 4.90 Å². The van der Waals surface area contributed by atoms with Gasteiger partial charge in [-0.1, -0.05) is 78.8 Å². The Bertz CT molecular complexity index is 1870. The van der Waals surface area contributed by atoms with Crippen molar-refractivity contribution < 1.29 is 31.9 Å². The quantitative estimate of drug-likeness (QED) is 0.0894. The van der Waals surface area contributed by atoms with Crippen LogP contribution < -0.4 is 14.9 Å². The van der Waals surface area contributed by atoms with Crippen LogP contribution in [0.4, 0.5) is 13.2 Å². The third kappa shape index (κ3) is 9.63. The number of halogens is 3. The predicted molar refractivity (Wildman–Crippen MR) is 188 cm³/mol. The number of benzene rings is 3. The molecule has 4 rings (SSSR count). The maximum absolute atomic E-state index is 14.6. The van der Waals surface area contributed by atoms with Crippen LogP contribution in [-0.4, -0.2) is 24.0 Å². The Balaban J connectivity index is 1.83. The van der Waals surface area contributed by atoms with E-state index >= 15 is 0 Å². The molecule has 0 radical (unpaired) electrons. The van der Waals surface area contributed by atoms with E-state index in [9.17, 15) is 22.8 Å². The molecule has 0 N–H and O–H groups in total. The summed E-state index contributed by atoms with van der Waals surface area (Å²) in [6.07, 6.45) is -2.19. The second-order valence-electron chi connectivity index (χ2n) is 14.5. The number of esters is 1. The normalized spacial score (nSPS) is 12.6. The molecule has 4 aromatic rings. The fourth-order valence-corrected chi connectivity index (χ4v) is 5.56. The second-order valence-corrected chi connectivity index (χ2v) is 14.5. The Hall–Kier alpha value is -4.37. The first kappa shape index (κ1) is 37.4. The Kier molecular flexibility index (Phi) is 11.5. The molecule has 0 unspecified atom stereocenters. The van der Waals surface area contributed by atoms with Crippen molar-refractivity contribution in [3.8, 4) is 17.2 Å². The number of carbonyl (C=O) groups is 1. The minimum Gasteiger partial charge on any atom is -0.449 e. The molecule has 0 bridgehead atoms. The van der Waals surface area contributed by atoms with Crippen molar-refractivity contribution in [2.24, 2.45) is 11.8 Å². The van der Waals surface area contributed by atoms with Crippen molar-refractivity contribution in [1.29, 1.82) is 0 Å². The highest BCUT2D eigenvalue weighted by molar-refractivity contribution is 5.90. The zero-order valence-corrected chi connectivity index (χ0v) is 29.7.